The number of benzene rings is 2. The van der Waals surface area contributed by atoms with Crippen LogP contribution >= 0.6 is 0 Å². The standard InChI is InChI=1S/C27H32N2O3/c1-3-31-21-17-25(20-9-5-4-6-10-20)32-27(18-21)13-15-29(16-14-27)26(30)23-19-28(2)24-12-8-7-11-22(23)24/h4-12,19,21,25H,3,13-18H2,1-2H3. The first kappa shape index (κ1) is 21.2. The highest BCUT2D eigenvalue weighted by molar-refractivity contribution is 6.07. The molecule has 2 unspecified atom stereocenters. The molecule has 32 heavy (non-hydrogen) atoms. The van der Waals surface area contributed by atoms with Gasteiger partial charge in [-0.25, -0.2) is 0 Å². The van der Waals surface area contributed by atoms with Gasteiger partial charge in [0.1, 0.15) is 0 Å². The molecule has 0 saturated carbocycles. The number of para-hydroxylation sites is 1. The molecule has 0 radical (unpaired) electrons. The van der Waals surface area contributed by atoms with Crippen molar-refractivity contribution in [2.75, 3.05) is 19.7 Å². The highest BCUT2D eigenvalue weighted by atomic mass is 16.5. The van der Waals surface area contributed by atoms with Crippen molar-refractivity contribution in [2.45, 2.75) is 50.4 Å². The number of carbonyl (C=O) groups is 1. The first-order valence-corrected chi connectivity index (χ1v) is 11.8. The van der Waals surface area contributed by atoms with E-state index in [1.165, 1.54) is 5.56 Å². The van der Waals surface area contributed by atoms with E-state index in [0.29, 0.717) is 19.7 Å². The van der Waals surface area contributed by atoms with Gasteiger partial charge in [-0.1, -0.05) is 48.5 Å². The van der Waals surface area contributed by atoms with Crippen LogP contribution in [0.3, 0.4) is 0 Å². The predicted octanol–water partition coefficient (Wildman–Crippen LogP) is 5.11. The summed E-state index contributed by atoms with van der Waals surface area (Å²) in [5.74, 6) is 0.119. The number of rotatable bonds is 4. The lowest BCUT2D eigenvalue weighted by molar-refractivity contribution is -0.190. The maximum absolute atomic E-state index is 13.4. The van der Waals surface area contributed by atoms with E-state index in [2.05, 4.69) is 37.3 Å². The molecule has 0 aliphatic carbocycles. The van der Waals surface area contributed by atoms with Crippen LogP contribution in [0.4, 0.5) is 0 Å². The van der Waals surface area contributed by atoms with Crippen molar-refractivity contribution in [3.05, 3.63) is 71.9 Å². The molecule has 1 amide bonds. The Labute approximate surface area is 189 Å². The number of piperidine rings is 1. The summed E-state index contributed by atoms with van der Waals surface area (Å²) >= 11 is 0. The summed E-state index contributed by atoms with van der Waals surface area (Å²) in [5.41, 5.74) is 2.86. The Balaban J connectivity index is 1.33. The third-order valence-corrected chi connectivity index (χ3v) is 7.13. The van der Waals surface area contributed by atoms with Gasteiger partial charge in [-0.15, -0.1) is 0 Å². The van der Waals surface area contributed by atoms with Gasteiger partial charge in [0.25, 0.3) is 5.91 Å². The second kappa shape index (κ2) is 8.72. The molecule has 2 atom stereocenters. The van der Waals surface area contributed by atoms with E-state index >= 15 is 0 Å². The summed E-state index contributed by atoms with van der Waals surface area (Å²) in [6.45, 7) is 4.20. The number of amides is 1. The minimum atomic E-state index is -0.228. The Morgan fingerprint density at radius 3 is 2.56 bits per heavy atom. The molecule has 3 aromatic rings. The molecule has 5 heteroatoms. The average molecular weight is 433 g/mol. The summed E-state index contributed by atoms with van der Waals surface area (Å²) in [6.07, 6.45) is 5.68. The average Bonchev–Trinajstić information content (AvgIpc) is 3.16. The number of hydrogen-bond donors (Lipinski definition) is 0. The molecule has 2 aliphatic heterocycles. The van der Waals surface area contributed by atoms with Crippen LogP contribution in [0.1, 0.15) is 54.6 Å². The highest BCUT2D eigenvalue weighted by Gasteiger charge is 2.45. The number of aromatic nitrogens is 1. The maximum atomic E-state index is 13.4. The molecule has 0 N–H and O–H groups in total. The van der Waals surface area contributed by atoms with Gasteiger partial charge in [-0.2, -0.15) is 0 Å². The lowest BCUT2D eigenvalue weighted by Gasteiger charge is -2.48. The molecule has 2 fully saturated rings. The van der Waals surface area contributed by atoms with Crippen molar-refractivity contribution in [3.8, 4) is 0 Å². The van der Waals surface area contributed by atoms with Crippen LogP contribution in [0.25, 0.3) is 10.9 Å². The second-order valence-corrected chi connectivity index (χ2v) is 9.18. The lowest BCUT2D eigenvalue weighted by Crippen LogP contribution is -2.52. The van der Waals surface area contributed by atoms with Crippen LogP contribution in [0.15, 0.2) is 60.8 Å². The van der Waals surface area contributed by atoms with Gasteiger partial charge in [0.15, 0.2) is 0 Å². The van der Waals surface area contributed by atoms with Crippen molar-refractivity contribution < 1.29 is 14.3 Å². The molecule has 5 nitrogen and oxygen atoms in total. The molecule has 1 aromatic heterocycles. The summed E-state index contributed by atoms with van der Waals surface area (Å²) in [7, 11) is 2.00. The van der Waals surface area contributed by atoms with Crippen molar-refractivity contribution >= 4 is 16.8 Å². The Morgan fingerprint density at radius 1 is 1.09 bits per heavy atom. The van der Waals surface area contributed by atoms with Crippen LogP contribution in [-0.2, 0) is 16.5 Å². The van der Waals surface area contributed by atoms with Gasteiger partial charge in [-0.3, -0.25) is 4.79 Å². The van der Waals surface area contributed by atoms with Gasteiger partial charge >= 0.3 is 0 Å². The SMILES string of the molecule is CCOC1CC(c2ccccc2)OC2(CCN(C(=O)c3cn(C)c4ccccc34)CC2)C1. The Kier molecular flexibility index (Phi) is 5.78. The summed E-state index contributed by atoms with van der Waals surface area (Å²) < 4.78 is 14.9. The number of ether oxygens (including phenoxy) is 2. The number of carbonyl (C=O) groups excluding carboxylic acids is 1. The Bertz CT molecular complexity index is 1080. The van der Waals surface area contributed by atoms with Crippen LogP contribution in [0.5, 0.6) is 0 Å². The molecule has 2 saturated heterocycles. The number of aryl methyl sites for hydroxylation is 1. The van der Waals surface area contributed by atoms with Crippen molar-refractivity contribution in [2.24, 2.45) is 7.05 Å². The number of fused-ring (bicyclic) bond motifs is 1. The van der Waals surface area contributed by atoms with Crippen LogP contribution < -0.4 is 0 Å². The monoisotopic (exact) mass is 432 g/mol. The minimum Gasteiger partial charge on any atom is -0.378 e. The van der Waals surface area contributed by atoms with E-state index in [4.69, 9.17) is 9.47 Å². The third-order valence-electron chi connectivity index (χ3n) is 7.13. The maximum Gasteiger partial charge on any atom is 0.256 e. The van der Waals surface area contributed by atoms with Crippen molar-refractivity contribution in [1.82, 2.24) is 9.47 Å². The van der Waals surface area contributed by atoms with Gasteiger partial charge in [0, 0.05) is 56.7 Å². The fourth-order valence-corrected chi connectivity index (χ4v) is 5.49. The van der Waals surface area contributed by atoms with Gasteiger partial charge in [-0.05, 0) is 31.4 Å². The van der Waals surface area contributed by atoms with E-state index in [9.17, 15) is 4.79 Å². The lowest BCUT2D eigenvalue weighted by atomic mass is 9.80. The molecule has 2 aliphatic rings. The van der Waals surface area contributed by atoms with Crippen LogP contribution in [-0.4, -0.2) is 46.8 Å². The summed E-state index contributed by atoms with van der Waals surface area (Å²) in [4.78, 5) is 15.4. The minimum absolute atomic E-state index is 0.0434. The van der Waals surface area contributed by atoms with Crippen LogP contribution in [0.2, 0.25) is 0 Å². The fraction of sp³-hybridized carbons (Fsp3) is 0.444. The van der Waals surface area contributed by atoms with Crippen molar-refractivity contribution in [3.63, 3.8) is 0 Å². The van der Waals surface area contributed by atoms with E-state index in [0.717, 1.165) is 42.1 Å². The van der Waals surface area contributed by atoms with Crippen molar-refractivity contribution in [1.29, 1.82) is 0 Å². The number of hydrogen-bond acceptors (Lipinski definition) is 3. The van der Waals surface area contributed by atoms with Gasteiger partial charge < -0.3 is 18.9 Å². The molecule has 2 aromatic carbocycles. The predicted molar refractivity (Wildman–Crippen MR) is 126 cm³/mol. The summed E-state index contributed by atoms with van der Waals surface area (Å²) in [6, 6.07) is 18.6. The van der Waals surface area contributed by atoms with Gasteiger partial charge in [0.2, 0.25) is 0 Å². The zero-order chi connectivity index (χ0) is 22.1. The second-order valence-electron chi connectivity index (χ2n) is 9.18. The molecule has 3 heterocycles. The van der Waals surface area contributed by atoms with Crippen LogP contribution in [0, 0.1) is 0 Å². The molecule has 5 rings (SSSR count). The molecule has 0 bridgehead atoms. The number of likely N-dealkylation sites (tertiary alicyclic amines) is 1. The molecule has 168 valence electrons. The highest BCUT2D eigenvalue weighted by Crippen LogP contribution is 2.44. The molecule has 1 spiro atoms. The summed E-state index contributed by atoms with van der Waals surface area (Å²) in [5, 5.41) is 1.02. The van der Waals surface area contributed by atoms with E-state index < -0.39 is 0 Å². The molecular formula is C27H32N2O3. The van der Waals surface area contributed by atoms with Gasteiger partial charge in [0.05, 0.1) is 23.4 Å². The Morgan fingerprint density at radius 2 is 1.81 bits per heavy atom. The zero-order valence-corrected chi connectivity index (χ0v) is 19.0. The molecular weight excluding hydrogens is 400 g/mol. The number of nitrogens with zero attached hydrogens (tertiary/aromatic N) is 2. The fourth-order valence-electron chi connectivity index (χ4n) is 5.49. The quantitative estimate of drug-likeness (QED) is 0.575. The van der Waals surface area contributed by atoms with E-state index in [1.807, 2.05) is 47.0 Å². The van der Waals surface area contributed by atoms with E-state index in [-0.39, 0.29) is 23.7 Å². The van der Waals surface area contributed by atoms with E-state index in [1.54, 1.807) is 0 Å². The topological polar surface area (TPSA) is 43.7 Å². The Hall–Kier alpha value is -2.63. The first-order chi connectivity index (χ1) is 15.6. The first-order valence-electron chi connectivity index (χ1n) is 11.8. The normalized spacial score (nSPS) is 23.0. The third kappa shape index (κ3) is 3.96. The zero-order valence-electron chi connectivity index (χ0n) is 19.0. The smallest absolute Gasteiger partial charge is 0.256 e. The largest absolute Gasteiger partial charge is 0.378 e.